The summed E-state index contributed by atoms with van der Waals surface area (Å²) in [6, 6.07) is 11.9. The van der Waals surface area contributed by atoms with Crippen LogP contribution in [0.5, 0.6) is 5.75 Å². The maximum Gasteiger partial charge on any atom is 0.340 e. The third-order valence-corrected chi connectivity index (χ3v) is 5.97. The first kappa shape index (κ1) is 20.4. The maximum atomic E-state index is 12.7. The average molecular weight is 428 g/mol. The van der Waals surface area contributed by atoms with Gasteiger partial charge in [0.25, 0.3) is 0 Å². The third-order valence-electron chi connectivity index (χ3n) is 5.69. The van der Waals surface area contributed by atoms with Gasteiger partial charge >= 0.3 is 11.6 Å². The first-order valence-electron chi connectivity index (χ1n) is 9.67. The average Bonchev–Trinajstić information content (AvgIpc) is 2.77. The molecule has 7 heteroatoms. The summed E-state index contributed by atoms with van der Waals surface area (Å²) < 4.78 is 16.3. The second-order valence-corrected chi connectivity index (χ2v) is 7.80. The summed E-state index contributed by atoms with van der Waals surface area (Å²) in [5.41, 5.74) is 2.71. The molecule has 0 fully saturated rings. The van der Waals surface area contributed by atoms with Gasteiger partial charge in [0, 0.05) is 18.0 Å². The van der Waals surface area contributed by atoms with Gasteiger partial charge in [0.15, 0.2) is 0 Å². The number of nitrogens with zero attached hydrogens (tertiary/aromatic N) is 1. The molecule has 0 bridgehead atoms. The first-order chi connectivity index (χ1) is 14.4. The van der Waals surface area contributed by atoms with E-state index < -0.39 is 11.6 Å². The second-order valence-electron chi connectivity index (χ2n) is 7.40. The van der Waals surface area contributed by atoms with Crippen LogP contribution in [0.1, 0.15) is 35.2 Å². The fourth-order valence-electron chi connectivity index (χ4n) is 3.84. The molecule has 0 radical (unpaired) electrons. The summed E-state index contributed by atoms with van der Waals surface area (Å²) in [6.45, 7) is 4.78. The molecule has 1 aliphatic heterocycles. The number of carbonyl (C=O) groups is 1. The maximum absolute atomic E-state index is 12.7. The van der Waals surface area contributed by atoms with Crippen molar-refractivity contribution in [3.05, 3.63) is 74.1 Å². The number of esters is 1. The van der Waals surface area contributed by atoms with Gasteiger partial charge in [0.2, 0.25) is 0 Å². The van der Waals surface area contributed by atoms with E-state index in [1.165, 1.54) is 7.11 Å². The van der Waals surface area contributed by atoms with E-state index in [0.717, 1.165) is 11.1 Å². The summed E-state index contributed by atoms with van der Waals surface area (Å²) in [5.74, 6) is 0.0314. The highest BCUT2D eigenvalue weighted by Crippen LogP contribution is 2.41. The van der Waals surface area contributed by atoms with Crippen LogP contribution < -0.4 is 10.4 Å². The third kappa shape index (κ3) is 3.57. The SMILES string of the molecule is COC(=O)Cc1c(C)c2cc(Cl)c3c(c2oc1=O)CN(C(C)c1ccccc1)CO3. The zero-order valence-electron chi connectivity index (χ0n) is 17.0. The second kappa shape index (κ2) is 8.13. The van der Waals surface area contributed by atoms with Gasteiger partial charge in [-0.05, 0) is 31.0 Å². The Morgan fingerprint density at radius 2 is 2.03 bits per heavy atom. The number of hydrogen-bond acceptors (Lipinski definition) is 6. The van der Waals surface area contributed by atoms with Crippen molar-refractivity contribution in [2.24, 2.45) is 0 Å². The van der Waals surface area contributed by atoms with Crippen LogP contribution >= 0.6 is 11.6 Å². The zero-order chi connectivity index (χ0) is 21.4. The first-order valence-corrected chi connectivity index (χ1v) is 10.0. The van der Waals surface area contributed by atoms with E-state index in [0.29, 0.717) is 40.6 Å². The van der Waals surface area contributed by atoms with Crippen LogP contribution in [0.2, 0.25) is 5.02 Å². The Kier molecular flexibility index (Phi) is 5.54. The van der Waals surface area contributed by atoms with Crippen LogP contribution in [0.25, 0.3) is 11.0 Å². The largest absolute Gasteiger partial charge is 0.476 e. The van der Waals surface area contributed by atoms with E-state index in [4.69, 9.17) is 25.5 Å². The number of aryl methyl sites for hydroxylation is 1. The number of hydrogen-bond donors (Lipinski definition) is 0. The monoisotopic (exact) mass is 427 g/mol. The van der Waals surface area contributed by atoms with Crippen LogP contribution in [0.15, 0.2) is 45.6 Å². The Morgan fingerprint density at radius 1 is 1.30 bits per heavy atom. The Bertz CT molecular complexity index is 1170. The van der Waals surface area contributed by atoms with Gasteiger partial charge in [-0.1, -0.05) is 41.9 Å². The minimum absolute atomic E-state index is 0.0970. The molecule has 2 aromatic carbocycles. The topological polar surface area (TPSA) is 69.0 Å². The quantitative estimate of drug-likeness (QED) is 0.454. The molecular formula is C23H22ClNO5. The fraction of sp³-hybridized carbons (Fsp3) is 0.304. The van der Waals surface area contributed by atoms with Crippen LogP contribution in [-0.2, 0) is 22.5 Å². The van der Waals surface area contributed by atoms with Gasteiger partial charge in [-0.25, -0.2) is 4.79 Å². The van der Waals surface area contributed by atoms with Gasteiger partial charge in [0.05, 0.1) is 29.7 Å². The molecule has 2 heterocycles. The number of fused-ring (bicyclic) bond motifs is 3. The van der Waals surface area contributed by atoms with Crippen LogP contribution in [0.4, 0.5) is 0 Å². The number of rotatable bonds is 4. The Labute approximate surface area is 179 Å². The highest BCUT2D eigenvalue weighted by Gasteiger charge is 2.29. The van der Waals surface area contributed by atoms with Gasteiger partial charge in [-0.3, -0.25) is 9.69 Å². The van der Waals surface area contributed by atoms with Gasteiger partial charge in [-0.2, -0.15) is 0 Å². The van der Waals surface area contributed by atoms with E-state index in [1.54, 1.807) is 13.0 Å². The summed E-state index contributed by atoms with van der Waals surface area (Å²) in [4.78, 5) is 26.5. The highest BCUT2D eigenvalue weighted by atomic mass is 35.5. The van der Waals surface area contributed by atoms with E-state index in [1.807, 2.05) is 18.2 Å². The Morgan fingerprint density at radius 3 is 2.73 bits per heavy atom. The molecule has 1 aromatic heterocycles. The lowest BCUT2D eigenvalue weighted by molar-refractivity contribution is -0.139. The van der Waals surface area contributed by atoms with Gasteiger partial charge in [0.1, 0.15) is 18.1 Å². The van der Waals surface area contributed by atoms with Crippen molar-refractivity contribution in [1.29, 1.82) is 0 Å². The lowest BCUT2D eigenvalue weighted by Crippen LogP contribution is -2.34. The molecule has 1 unspecified atom stereocenters. The molecule has 0 N–H and O–H groups in total. The zero-order valence-corrected chi connectivity index (χ0v) is 17.8. The number of methoxy groups -OCH3 is 1. The summed E-state index contributed by atoms with van der Waals surface area (Å²) in [6.07, 6.45) is -0.150. The molecule has 3 aromatic rings. The molecule has 6 nitrogen and oxygen atoms in total. The number of halogens is 1. The summed E-state index contributed by atoms with van der Waals surface area (Å²) in [7, 11) is 1.29. The molecule has 30 heavy (non-hydrogen) atoms. The molecule has 1 atom stereocenters. The smallest absolute Gasteiger partial charge is 0.340 e. The molecule has 0 saturated carbocycles. The molecule has 156 valence electrons. The molecular weight excluding hydrogens is 406 g/mol. The van der Waals surface area contributed by atoms with Gasteiger partial charge in [-0.15, -0.1) is 0 Å². The van der Waals surface area contributed by atoms with Crippen LogP contribution in [0, 0.1) is 6.92 Å². The Hall–Kier alpha value is -2.83. The van der Waals surface area contributed by atoms with Crippen LogP contribution in [-0.4, -0.2) is 24.7 Å². The minimum atomic E-state index is -0.553. The molecule has 0 spiro atoms. The molecule has 0 amide bonds. The van der Waals surface area contributed by atoms with Crippen molar-refractivity contribution in [1.82, 2.24) is 4.90 Å². The van der Waals surface area contributed by atoms with Crippen molar-refractivity contribution in [2.45, 2.75) is 32.9 Å². The van der Waals surface area contributed by atoms with E-state index in [-0.39, 0.29) is 18.0 Å². The van der Waals surface area contributed by atoms with E-state index in [2.05, 4.69) is 24.0 Å². The van der Waals surface area contributed by atoms with Crippen molar-refractivity contribution in [2.75, 3.05) is 13.8 Å². The van der Waals surface area contributed by atoms with Crippen molar-refractivity contribution in [3.63, 3.8) is 0 Å². The predicted molar refractivity (Wildman–Crippen MR) is 114 cm³/mol. The predicted octanol–water partition coefficient (Wildman–Crippen LogP) is 4.38. The van der Waals surface area contributed by atoms with Crippen LogP contribution in [0.3, 0.4) is 0 Å². The van der Waals surface area contributed by atoms with E-state index >= 15 is 0 Å². The van der Waals surface area contributed by atoms with Crippen molar-refractivity contribution in [3.8, 4) is 5.75 Å². The summed E-state index contributed by atoms with van der Waals surface area (Å²) in [5, 5.41) is 1.14. The Balaban J connectivity index is 1.80. The molecule has 0 aliphatic carbocycles. The minimum Gasteiger partial charge on any atom is -0.476 e. The molecule has 4 rings (SSSR count). The summed E-state index contributed by atoms with van der Waals surface area (Å²) >= 11 is 6.51. The van der Waals surface area contributed by atoms with Crippen molar-refractivity contribution < 1.29 is 18.7 Å². The lowest BCUT2D eigenvalue weighted by Gasteiger charge is -2.34. The molecule has 0 saturated heterocycles. The number of benzene rings is 2. The van der Waals surface area contributed by atoms with Crippen molar-refractivity contribution >= 4 is 28.5 Å². The van der Waals surface area contributed by atoms with Gasteiger partial charge < -0.3 is 13.9 Å². The number of carbonyl (C=O) groups excluding carboxylic acids is 1. The normalized spacial score (nSPS) is 14.8. The number of ether oxygens (including phenoxy) is 2. The lowest BCUT2D eigenvalue weighted by atomic mass is 9.99. The van der Waals surface area contributed by atoms with E-state index in [9.17, 15) is 9.59 Å². The highest BCUT2D eigenvalue weighted by molar-refractivity contribution is 6.33. The standard InChI is InChI=1S/C23H22ClNO5/c1-13-16-9-19(24)22-18(21(16)30-23(27)17(13)10-20(26)28-3)11-25(12-29-22)14(2)15-7-5-4-6-8-15/h4-9,14H,10-12H2,1-3H3. The molecule has 1 aliphatic rings. The fourth-order valence-corrected chi connectivity index (χ4v) is 4.12.